The minimum atomic E-state index is 0.698. The van der Waals surface area contributed by atoms with Crippen LogP contribution in [0.15, 0.2) is 5.38 Å². The van der Waals surface area contributed by atoms with Gasteiger partial charge in [0.25, 0.3) is 0 Å². The molecule has 0 saturated heterocycles. The molecule has 0 unspecified atom stereocenters. The number of hydrogen-bond acceptors (Lipinski definition) is 4. The lowest BCUT2D eigenvalue weighted by molar-refractivity contribution is 0.264. The van der Waals surface area contributed by atoms with Crippen molar-refractivity contribution in [2.24, 2.45) is 5.92 Å². The van der Waals surface area contributed by atoms with Crippen molar-refractivity contribution in [1.29, 1.82) is 0 Å². The Bertz CT molecular complexity index is 330. The molecule has 1 heterocycles. The monoisotopic (exact) mass is 283 g/mol. The van der Waals surface area contributed by atoms with E-state index in [0.717, 1.165) is 19.6 Å². The number of thiazole rings is 1. The van der Waals surface area contributed by atoms with Gasteiger partial charge in [0.05, 0.1) is 5.69 Å². The van der Waals surface area contributed by atoms with E-state index in [1.807, 2.05) is 0 Å². The molecule has 110 valence electrons. The average molecular weight is 283 g/mol. The first-order valence-electron chi connectivity index (χ1n) is 7.52. The van der Waals surface area contributed by atoms with Gasteiger partial charge in [0.15, 0.2) is 0 Å². The van der Waals surface area contributed by atoms with Gasteiger partial charge in [0.1, 0.15) is 5.01 Å². The van der Waals surface area contributed by atoms with Crippen molar-refractivity contribution >= 4 is 11.3 Å². The molecule has 0 amide bonds. The molecule has 1 aromatic rings. The Morgan fingerprint density at radius 1 is 1.26 bits per heavy atom. The summed E-state index contributed by atoms with van der Waals surface area (Å²) >= 11 is 1.78. The molecule has 1 N–H and O–H groups in total. The van der Waals surface area contributed by atoms with Gasteiger partial charge in [0.2, 0.25) is 0 Å². The molecule has 1 rings (SSSR count). The van der Waals surface area contributed by atoms with E-state index in [0.29, 0.717) is 5.92 Å². The van der Waals surface area contributed by atoms with Crippen LogP contribution in [0.4, 0.5) is 0 Å². The lowest BCUT2D eigenvalue weighted by Gasteiger charge is -2.19. The van der Waals surface area contributed by atoms with Gasteiger partial charge in [-0.2, -0.15) is 0 Å². The molecule has 0 radical (unpaired) electrons. The summed E-state index contributed by atoms with van der Waals surface area (Å²) in [6, 6.07) is 0. The van der Waals surface area contributed by atoms with E-state index in [2.05, 4.69) is 43.3 Å². The van der Waals surface area contributed by atoms with Gasteiger partial charge in [-0.25, -0.2) is 4.98 Å². The second kappa shape index (κ2) is 9.45. The number of aromatic nitrogens is 1. The van der Waals surface area contributed by atoms with E-state index >= 15 is 0 Å². The first-order chi connectivity index (χ1) is 9.15. The predicted molar refractivity (Wildman–Crippen MR) is 84.5 cm³/mol. The fourth-order valence-corrected chi connectivity index (χ4v) is 2.86. The Hall–Kier alpha value is -0.450. The highest BCUT2D eigenvalue weighted by molar-refractivity contribution is 7.09. The largest absolute Gasteiger partial charge is 0.310 e. The van der Waals surface area contributed by atoms with Crippen molar-refractivity contribution in [2.75, 3.05) is 19.6 Å². The summed E-state index contributed by atoms with van der Waals surface area (Å²) in [6.07, 6.45) is 2.43. The Balaban J connectivity index is 2.39. The lowest BCUT2D eigenvalue weighted by Crippen LogP contribution is -2.25. The highest BCUT2D eigenvalue weighted by atomic mass is 32.1. The molecule has 4 heteroatoms. The Morgan fingerprint density at radius 2 is 1.95 bits per heavy atom. The Kier molecular flexibility index (Phi) is 8.26. The fourth-order valence-electron chi connectivity index (χ4n) is 2.10. The maximum absolute atomic E-state index is 4.73. The van der Waals surface area contributed by atoms with Crippen LogP contribution in [-0.4, -0.2) is 29.5 Å². The van der Waals surface area contributed by atoms with Crippen molar-refractivity contribution in [3.63, 3.8) is 0 Å². The van der Waals surface area contributed by atoms with Crippen molar-refractivity contribution in [3.8, 4) is 0 Å². The summed E-state index contributed by atoms with van der Waals surface area (Å²) in [6.45, 7) is 14.3. The zero-order valence-corrected chi connectivity index (χ0v) is 13.7. The molecule has 0 atom stereocenters. The smallest absolute Gasteiger partial charge is 0.107 e. The second-order valence-electron chi connectivity index (χ2n) is 5.53. The third-order valence-electron chi connectivity index (χ3n) is 2.89. The molecule has 0 fully saturated rings. The van der Waals surface area contributed by atoms with E-state index in [1.54, 1.807) is 11.3 Å². The normalized spacial score (nSPS) is 11.7. The number of nitrogens with zero attached hydrogens (tertiary/aromatic N) is 2. The minimum absolute atomic E-state index is 0.698. The van der Waals surface area contributed by atoms with Crippen LogP contribution in [0, 0.1) is 5.92 Å². The molecule has 0 aliphatic heterocycles. The van der Waals surface area contributed by atoms with Crippen LogP contribution in [0.25, 0.3) is 0 Å². The molecule has 0 spiro atoms. The van der Waals surface area contributed by atoms with Crippen LogP contribution in [0.3, 0.4) is 0 Å². The molecule has 3 nitrogen and oxygen atoms in total. The van der Waals surface area contributed by atoms with Gasteiger partial charge in [0, 0.05) is 18.5 Å². The molecule has 0 aliphatic carbocycles. The highest BCUT2D eigenvalue weighted by Gasteiger charge is 2.07. The van der Waals surface area contributed by atoms with Crippen LogP contribution in [0.5, 0.6) is 0 Å². The summed E-state index contributed by atoms with van der Waals surface area (Å²) in [7, 11) is 0. The molecule has 0 bridgehead atoms. The first kappa shape index (κ1) is 16.6. The maximum atomic E-state index is 4.73. The van der Waals surface area contributed by atoms with E-state index in [9.17, 15) is 0 Å². The van der Waals surface area contributed by atoms with Crippen molar-refractivity contribution in [1.82, 2.24) is 15.2 Å². The topological polar surface area (TPSA) is 28.2 Å². The number of rotatable bonds is 10. The predicted octanol–water partition coefficient (Wildman–Crippen LogP) is 3.51. The van der Waals surface area contributed by atoms with E-state index in [4.69, 9.17) is 4.98 Å². The van der Waals surface area contributed by atoms with E-state index in [1.165, 1.54) is 36.6 Å². The second-order valence-corrected chi connectivity index (χ2v) is 6.48. The van der Waals surface area contributed by atoms with Gasteiger partial charge in [-0.05, 0) is 38.4 Å². The summed E-state index contributed by atoms with van der Waals surface area (Å²) < 4.78 is 0. The molecular weight excluding hydrogens is 254 g/mol. The Labute approximate surface area is 122 Å². The molecular formula is C15H29N3S. The number of nitrogens with one attached hydrogen (secondary N) is 1. The fraction of sp³-hybridized carbons (Fsp3) is 0.800. The van der Waals surface area contributed by atoms with E-state index in [-0.39, 0.29) is 0 Å². The van der Waals surface area contributed by atoms with Gasteiger partial charge in [-0.3, -0.25) is 4.90 Å². The van der Waals surface area contributed by atoms with Gasteiger partial charge < -0.3 is 5.32 Å². The van der Waals surface area contributed by atoms with E-state index < -0.39 is 0 Å². The molecule has 0 aliphatic rings. The van der Waals surface area contributed by atoms with Crippen molar-refractivity contribution < 1.29 is 0 Å². The maximum Gasteiger partial charge on any atom is 0.107 e. The summed E-state index contributed by atoms with van der Waals surface area (Å²) in [5.41, 5.74) is 1.23. The number of hydrogen-bond donors (Lipinski definition) is 1. The lowest BCUT2D eigenvalue weighted by atomic mass is 10.2. The van der Waals surface area contributed by atoms with Crippen molar-refractivity contribution in [3.05, 3.63) is 16.1 Å². The van der Waals surface area contributed by atoms with Gasteiger partial charge in [-0.1, -0.05) is 27.7 Å². The SMILES string of the molecule is CCCN(CCC)Cc1csc(CNCC(C)C)n1. The molecule has 1 aromatic heterocycles. The zero-order valence-electron chi connectivity index (χ0n) is 12.9. The Morgan fingerprint density at radius 3 is 2.53 bits per heavy atom. The van der Waals surface area contributed by atoms with Crippen LogP contribution < -0.4 is 5.32 Å². The van der Waals surface area contributed by atoms with Gasteiger partial charge >= 0.3 is 0 Å². The average Bonchev–Trinajstić information content (AvgIpc) is 2.77. The quantitative estimate of drug-likeness (QED) is 0.712. The highest BCUT2D eigenvalue weighted by Crippen LogP contribution is 2.12. The molecule has 0 aromatic carbocycles. The van der Waals surface area contributed by atoms with Crippen molar-refractivity contribution in [2.45, 2.75) is 53.6 Å². The van der Waals surface area contributed by atoms with Crippen LogP contribution in [0.2, 0.25) is 0 Å². The molecule has 0 saturated carbocycles. The third kappa shape index (κ3) is 7.04. The first-order valence-corrected chi connectivity index (χ1v) is 8.40. The van der Waals surface area contributed by atoms with Gasteiger partial charge in [-0.15, -0.1) is 11.3 Å². The van der Waals surface area contributed by atoms with Crippen LogP contribution >= 0.6 is 11.3 Å². The van der Waals surface area contributed by atoms with Crippen LogP contribution in [-0.2, 0) is 13.1 Å². The minimum Gasteiger partial charge on any atom is -0.310 e. The summed E-state index contributed by atoms with van der Waals surface area (Å²) in [5, 5.41) is 6.88. The van der Waals surface area contributed by atoms with Crippen LogP contribution in [0.1, 0.15) is 51.2 Å². The standard InChI is InChI=1S/C15H29N3S/c1-5-7-18(8-6-2)11-14-12-19-15(17-14)10-16-9-13(3)4/h12-13,16H,5-11H2,1-4H3. The third-order valence-corrected chi connectivity index (χ3v) is 3.79. The molecule has 19 heavy (non-hydrogen) atoms. The summed E-state index contributed by atoms with van der Waals surface area (Å²) in [4.78, 5) is 7.23. The zero-order chi connectivity index (χ0) is 14.1. The summed E-state index contributed by atoms with van der Waals surface area (Å²) in [5.74, 6) is 0.698.